The van der Waals surface area contributed by atoms with E-state index >= 15 is 0 Å². The van der Waals surface area contributed by atoms with Crippen molar-refractivity contribution in [2.75, 3.05) is 49.6 Å². The first-order valence-electron chi connectivity index (χ1n) is 12.7. The molecule has 2 saturated heterocycles. The number of carbonyl (C=O) groups excluding carboxylic acids is 2. The number of Topliss-reactive ketones (excluding diaryl/α,β-unsaturated/α-hetero) is 1. The predicted molar refractivity (Wildman–Crippen MR) is 147 cm³/mol. The summed E-state index contributed by atoms with van der Waals surface area (Å²) in [7, 11) is 2.10. The molecule has 1 unspecified atom stereocenters. The van der Waals surface area contributed by atoms with E-state index in [0.29, 0.717) is 29.2 Å². The van der Waals surface area contributed by atoms with Gasteiger partial charge in [0.25, 0.3) is 11.7 Å². The molecule has 1 amide bonds. The smallest absolute Gasteiger partial charge is 0.300 e. The molecule has 3 aromatic carbocycles. The van der Waals surface area contributed by atoms with Crippen molar-refractivity contribution in [1.29, 1.82) is 0 Å². The number of ether oxygens (including phenoxy) is 1. The molecule has 196 valence electrons. The van der Waals surface area contributed by atoms with Crippen molar-refractivity contribution in [2.45, 2.75) is 13.0 Å². The molecule has 0 saturated carbocycles. The highest BCUT2D eigenvalue weighted by atomic mass is 16.5. The first-order chi connectivity index (χ1) is 18.4. The predicted octanol–water partition coefficient (Wildman–Crippen LogP) is 4.17. The van der Waals surface area contributed by atoms with Gasteiger partial charge < -0.3 is 24.7 Å². The van der Waals surface area contributed by atoms with Gasteiger partial charge in [-0.3, -0.25) is 14.5 Å². The molecular formula is C30H31N3O5. The standard InChI is InChI=1S/C30H31N3O5/c1-3-38-25-14-6-21(7-15-25)28(35)26-27(20-4-12-24(34)13-5-20)33(30(37)29(26)36)23-10-8-22(9-11-23)32-18-16-31(2)17-19-32/h4-15,27,34-35H,3,16-19H2,1-2H3/b28-26+. The van der Waals surface area contributed by atoms with Gasteiger partial charge in [0.1, 0.15) is 17.3 Å². The number of hydrogen-bond acceptors (Lipinski definition) is 7. The zero-order chi connectivity index (χ0) is 26.8. The average molecular weight is 514 g/mol. The summed E-state index contributed by atoms with van der Waals surface area (Å²) < 4.78 is 5.48. The number of hydrogen-bond donors (Lipinski definition) is 2. The van der Waals surface area contributed by atoms with Crippen molar-refractivity contribution in [3.05, 3.63) is 89.5 Å². The molecule has 38 heavy (non-hydrogen) atoms. The van der Waals surface area contributed by atoms with Crippen molar-refractivity contribution in [3.63, 3.8) is 0 Å². The molecule has 3 aromatic rings. The normalized spacial score (nSPS) is 19.7. The van der Waals surface area contributed by atoms with Crippen molar-refractivity contribution in [3.8, 4) is 11.5 Å². The third kappa shape index (κ3) is 4.82. The van der Waals surface area contributed by atoms with Crippen molar-refractivity contribution in [2.24, 2.45) is 0 Å². The van der Waals surface area contributed by atoms with E-state index in [1.807, 2.05) is 31.2 Å². The summed E-state index contributed by atoms with van der Waals surface area (Å²) in [6.07, 6.45) is 0. The van der Waals surface area contributed by atoms with Crippen LogP contribution in [-0.4, -0.2) is 66.6 Å². The van der Waals surface area contributed by atoms with Gasteiger partial charge in [0, 0.05) is 43.1 Å². The summed E-state index contributed by atoms with van der Waals surface area (Å²) >= 11 is 0. The summed E-state index contributed by atoms with van der Waals surface area (Å²) in [5, 5.41) is 21.1. The molecule has 2 aliphatic rings. The maximum absolute atomic E-state index is 13.4. The molecule has 1 atom stereocenters. The number of amides is 1. The lowest BCUT2D eigenvalue weighted by Gasteiger charge is -2.34. The Hall–Kier alpha value is -4.30. The highest BCUT2D eigenvalue weighted by Crippen LogP contribution is 2.43. The zero-order valence-electron chi connectivity index (χ0n) is 21.5. The van der Waals surface area contributed by atoms with Crippen LogP contribution in [0.3, 0.4) is 0 Å². The first kappa shape index (κ1) is 25.4. The molecule has 0 bridgehead atoms. The van der Waals surface area contributed by atoms with Crippen LogP contribution in [-0.2, 0) is 9.59 Å². The van der Waals surface area contributed by atoms with Crippen molar-refractivity contribution < 1.29 is 24.5 Å². The fourth-order valence-corrected chi connectivity index (χ4v) is 4.99. The molecule has 5 rings (SSSR count). The highest BCUT2D eigenvalue weighted by Gasteiger charge is 2.47. The Kier molecular flexibility index (Phi) is 7.07. The SMILES string of the molecule is CCOc1ccc(/C(O)=C2\C(=O)C(=O)N(c3ccc(N4CCN(C)CC4)cc3)C2c2ccc(O)cc2)cc1. The third-order valence-corrected chi connectivity index (χ3v) is 7.09. The maximum Gasteiger partial charge on any atom is 0.300 e. The largest absolute Gasteiger partial charge is 0.508 e. The van der Waals surface area contributed by atoms with E-state index in [0.717, 1.165) is 31.9 Å². The summed E-state index contributed by atoms with van der Waals surface area (Å²) in [5.74, 6) is -1.05. The maximum atomic E-state index is 13.4. The van der Waals surface area contributed by atoms with Crippen molar-refractivity contribution >= 4 is 28.8 Å². The summed E-state index contributed by atoms with van der Waals surface area (Å²) in [6, 6.07) is 19.8. The number of aliphatic hydroxyl groups is 1. The number of likely N-dealkylation sites (N-methyl/N-ethyl adjacent to an activating group) is 1. The van der Waals surface area contributed by atoms with Gasteiger partial charge >= 0.3 is 0 Å². The van der Waals surface area contributed by atoms with E-state index in [9.17, 15) is 19.8 Å². The van der Waals surface area contributed by atoms with E-state index in [2.05, 4.69) is 16.8 Å². The topological polar surface area (TPSA) is 93.5 Å². The molecule has 2 heterocycles. The highest BCUT2D eigenvalue weighted by molar-refractivity contribution is 6.51. The number of aromatic hydroxyl groups is 1. The van der Waals surface area contributed by atoms with Crippen LogP contribution in [0.5, 0.6) is 11.5 Å². The molecule has 0 aliphatic carbocycles. The van der Waals surface area contributed by atoms with E-state index in [1.54, 1.807) is 36.4 Å². The monoisotopic (exact) mass is 513 g/mol. The fraction of sp³-hybridized carbons (Fsp3) is 0.267. The minimum Gasteiger partial charge on any atom is -0.508 e. The number of rotatable bonds is 6. The van der Waals surface area contributed by atoms with Crippen LogP contribution >= 0.6 is 0 Å². The lowest BCUT2D eigenvalue weighted by molar-refractivity contribution is -0.132. The van der Waals surface area contributed by atoms with E-state index in [-0.39, 0.29) is 17.1 Å². The molecule has 0 aromatic heterocycles. The Morgan fingerprint density at radius 1 is 0.868 bits per heavy atom. The number of nitrogens with zero attached hydrogens (tertiary/aromatic N) is 3. The molecular weight excluding hydrogens is 482 g/mol. The Morgan fingerprint density at radius 2 is 1.47 bits per heavy atom. The van der Waals surface area contributed by atoms with Gasteiger partial charge in [-0.25, -0.2) is 0 Å². The summed E-state index contributed by atoms with van der Waals surface area (Å²) in [5.41, 5.74) is 2.59. The summed E-state index contributed by atoms with van der Waals surface area (Å²) in [6.45, 7) is 6.16. The van der Waals surface area contributed by atoms with Gasteiger partial charge in [0.15, 0.2) is 0 Å². The second-order valence-electron chi connectivity index (χ2n) is 9.52. The number of phenols is 1. The molecule has 8 nitrogen and oxygen atoms in total. The zero-order valence-corrected chi connectivity index (χ0v) is 21.5. The number of benzene rings is 3. The Bertz CT molecular complexity index is 1340. The Balaban J connectivity index is 1.55. The van der Waals surface area contributed by atoms with Crippen LogP contribution in [0, 0.1) is 0 Å². The number of piperazine rings is 1. The van der Waals surface area contributed by atoms with Gasteiger partial charge in [-0.15, -0.1) is 0 Å². The van der Waals surface area contributed by atoms with Gasteiger partial charge in [-0.1, -0.05) is 12.1 Å². The number of anilines is 2. The molecule has 0 spiro atoms. The number of aliphatic hydroxyl groups excluding tert-OH is 1. The van der Waals surface area contributed by atoms with Crippen LogP contribution in [0.4, 0.5) is 11.4 Å². The van der Waals surface area contributed by atoms with Gasteiger partial charge in [-0.2, -0.15) is 0 Å². The molecule has 2 aliphatic heterocycles. The second kappa shape index (κ2) is 10.6. The lowest BCUT2D eigenvalue weighted by Crippen LogP contribution is -2.44. The molecule has 8 heteroatoms. The molecule has 0 radical (unpaired) electrons. The van der Waals surface area contributed by atoms with Crippen LogP contribution in [0.2, 0.25) is 0 Å². The van der Waals surface area contributed by atoms with Gasteiger partial charge in [0.2, 0.25) is 0 Å². The van der Waals surface area contributed by atoms with Gasteiger partial charge in [-0.05, 0) is 80.2 Å². The lowest BCUT2D eigenvalue weighted by atomic mass is 9.95. The van der Waals surface area contributed by atoms with E-state index < -0.39 is 17.7 Å². The Morgan fingerprint density at radius 3 is 2.08 bits per heavy atom. The van der Waals surface area contributed by atoms with E-state index in [1.165, 1.54) is 17.0 Å². The van der Waals surface area contributed by atoms with Crippen LogP contribution in [0.25, 0.3) is 5.76 Å². The van der Waals surface area contributed by atoms with Crippen molar-refractivity contribution in [1.82, 2.24) is 4.90 Å². The van der Waals surface area contributed by atoms with Crippen LogP contribution < -0.4 is 14.5 Å². The number of phenolic OH excluding ortho intramolecular Hbond substituents is 1. The van der Waals surface area contributed by atoms with Crippen LogP contribution in [0.1, 0.15) is 24.1 Å². The van der Waals surface area contributed by atoms with Gasteiger partial charge in [0.05, 0.1) is 18.2 Å². The fourth-order valence-electron chi connectivity index (χ4n) is 4.99. The Labute approximate surface area is 222 Å². The number of ketones is 1. The quantitative estimate of drug-likeness (QED) is 0.290. The van der Waals surface area contributed by atoms with E-state index in [4.69, 9.17) is 4.74 Å². The minimum absolute atomic E-state index is 0.00649. The molecule has 2 fully saturated rings. The second-order valence-corrected chi connectivity index (χ2v) is 9.52. The first-order valence-corrected chi connectivity index (χ1v) is 12.7. The number of carbonyl (C=O) groups is 2. The molecule has 2 N–H and O–H groups in total. The summed E-state index contributed by atoms with van der Waals surface area (Å²) in [4.78, 5) is 32.8. The average Bonchev–Trinajstić information content (AvgIpc) is 3.20. The third-order valence-electron chi connectivity index (χ3n) is 7.09. The van der Waals surface area contributed by atoms with Crippen LogP contribution in [0.15, 0.2) is 78.4 Å². The minimum atomic E-state index is -0.864.